The predicted octanol–water partition coefficient (Wildman–Crippen LogP) is 4.27. The summed E-state index contributed by atoms with van der Waals surface area (Å²) in [5.41, 5.74) is 8.74. The van der Waals surface area contributed by atoms with E-state index in [1.807, 2.05) is 0 Å². The van der Waals surface area contributed by atoms with Crippen molar-refractivity contribution in [1.82, 2.24) is 4.90 Å². The summed E-state index contributed by atoms with van der Waals surface area (Å²) in [5.74, 6) is 0. The van der Waals surface area contributed by atoms with Crippen LogP contribution in [-0.4, -0.2) is 18.5 Å². The molecule has 0 aliphatic heterocycles. The molecule has 0 aromatic heterocycles. The molecule has 20 heavy (non-hydrogen) atoms. The van der Waals surface area contributed by atoms with Gasteiger partial charge in [0.05, 0.1) is 0 Å². The zero-order valence-electron chi connectivity index (χ0n) is 12.7. The first-order valence-corrected chi connectivity index (χ1v) is 7.63. The monoisotopic (exact) mass is 265 g/mol. The summed E-state index contributed by atoms with van der Waals surface area (Å²) in [7, 11) is 2.18. The highest BCUT2D eigenvalue weighted by molar-refractivity contribution is 5.77. The highest BCUT2D eigenvalue weighted by atomic mass is 15.1. The van der Waals surface area contributed by atoms with Gasteiger partial charge in [-0.15, -0.1) is 0 Å². The van der Waals surface area contributed by atoms with E-state index in [1.54, 1.807) is 0 Å². The number of fused-ring (bicyclic) bond motifs is 3. The van der Waals surface area contributed by atoms with E-state index in [0.717, 1.165) is 25.9 Å². The average molecular weight is 265 g/mol. The van der Waals surface area contributed by atoms with Crippen LogP contribution < -0.4 is 0 Å². The minimum Gasteiger partial charge on any atom is -0.302 e. The fourth-order valence-electron chi connectivity index (χ4n) is 3.06. The Morgan fingerprint density at radius 3 is 2.10 bits per heavy atom. The lowest BCUT2D eigenvalue weighted by molar-refractivity contribution is 0.345. The van der Waals surface area contributed by atoms with Crippen molar-refractivity contribution in [2.24, 2.45) is 0 Å². The molecule has 0 unspecified atom stereocenters. The van der Waals surface area contributed by atoms with E-state index in [9.17, 15) is 0 Å². The first kappa shape index (κ1) is 13.4. The molecule has 0 bridgehead atoms. The second-order valence-corrected chi connectivity index (χ2v) is 5.84. The van der Waals surface area contributed by atoms with Crippen LogP contribution in [0.2, 0.25) is 0 Å². The van der Waals surface area contributed by atoms with Gasteiger partial charge in [0.2, 0.25) is 0 Å². The number of rotatable bonds is 4. The van der Waals surface area contributed by atoms with Crippen LogP contribution in [0.1, 0.15) is 36.1 Å². The van der Waals surface area contributed by atoms with E-state index >= 15 is 0 Å². The summed E-state index contributed by atoms with van der Waals surface area (Å²) in [6.07, 6.45) is 2.22. The van der Waals surface area contributed by atoms with Crippen molar-refractivity contribution in [1.29, 1.82) is 0 Å². The van der Waals surface area contributed by atoms with Crippen LogP contribution in [0, 0.1) is 0 Å². The Morgan fingerprint density at radius 2 is 1.50 bits per heavy atom. The molecule has 0 fully saturated rings. The molecule has 1 aliphatic carbocycles. The molecule has 1 nitrogen and oxygen atoms in total. The zero-order chi connectivity index (χ0) is 14.1. The number of hydrogen-bond acceptors (Lipinski definition) is 1. The Balaban J connectivity index is 1.92. The molecule has 0 saturated heterocycles. The van der Waals surface area contributed by atoms with Crippen molar-refractivity contribution >= 4 is 0 Å². The molecule has 0 spiro atoms. The number of hydrogen-bond donors (Lipinski definition) is 0. The molecule has 0 N–H and O–H groups in total. The lowest BCUT2D eigenvalue weighted by atomic mass is 10.0. The topological polar surface area (TPSA) is 3.24 Å². The van der Waals surface area contributed by atoms with E-state index in [0.29, 0.717) is 0 Å². The second kappa shape index (κ2) is 5.41. The maximum atomic E-state index is 2.40. The van der Waals surface area contributed by atoms with Crippen molar-refractivity contribution in [3.63, 3.8) is 0 Å². The number of aryl methyl sites for hydroxylation is 1. The minimum atomic E-state index is 1.04. The van der Waals surface area contributed by atoms with Crippen LogP contribution in [0.25, 0.3) is 11.1 Å². The van der Waals surface area contributed by atoms with Crippen molar-refractivity contribution in [3.8, 4) is 11.1 Å². The predicted molar refractivity (Wildman–Crippen MR) is 86.1 cm³/mol. The van der Waals surface area contributed by atoms with Gasteiger partial charge in [-0.3, -0.25) is 0 Å². The van der Waals surface area contributed by atoms with Crippen LogP contribution in [-0.2, 0) is 19.4 Å². The summed E-state index contributed by atoms with van der Waals surface area (Å²) in [5, 5.41) is 0. The fourth-order valence-corrected chi connectivity index (χ4v) is 3.06. The molecule has 3 rings (SSSR count). The van der Waals surface area contributed by atoms with Crippen molar-refractivity contribution in [2.45, 2.75) is 33.2 Å². The highest BCUT2D eigenvalue weighted by Crippen LogP contribution is 2.37. The van der Waals surface area contributed by atoms with Crippen LogP contribution in [0.3, 0.4) is 0 Å². The van der Waals surface area contributed by atoms with Crippen molar-refractivity contribution in [2.75, 3.05) is 13.6 Å². The summed E-state index contributed by atoms with van der Waals surface area (Å²) in [4.78, 5) is 2.35. The normalized spacial score (nSPS) is 12.6. The molecular weight excluding hydrogens is 242 g/mol. The average Bonchev–Trinajstić information content (AvgIpc) is 2.83. The van der Waals surface area contributed by atoms with Gasteiger partial charge in [-0.05, 0) is 59.8 Å². The Kier molecular flexibility index (Phi) is 3.62. The fraction of sp³-hybridized carbons (Fsp3) is 0.368. The van der Waals surface area contributed by atoms with Gasteiger partial charge in [-0.2, -0.15) is 0 Å². The molecule has 1 heteroatoms. The Labute approximate surface area is 122 Å². The number of nitrogens with zero attached hydrogens (tertiary/aromatic N) is 1. The van der Waals surface area contributed by atoms with Crippen molar-refractivity contribution < 1.29 is 0 Å². The summed E-state index contributed by atoms with van der Waals surface area (Å²) in [6, 6.07) is 13.9. The highest BCUT2D eigenvalue weighted by Gasteiger charge is 2.18. The Bertz CT molecular complexity index is 628. The van der Waals surface area contributed by atoms with Gasteiger partial charge in [0.25, 0.3) is 0 Å². The largest absolute Gasteiger partial charge is 0.302 e. The maximum absolute atomic E-state index is 2.40. The SMILES string of the molecule is CCc1ccc2c(c1)Cc1cc(CN(C)CC)ccc1-2. The van der Waals surface area contributed by atoms with E-state index in [4.69, 9.17) is 0 Å². The van der Waals surface area contributed by atoms with Gasteiger partial charge in [0.15, 0.2) is 0 Å². The van der Waals surface area contributed by atoms with Gasteiger partial charge >= 0.3 is 0 Å². The van der Waals surface area contributed by atoms with Gasteiger partial charge in [0, 0.05) is 6.54 Å². The van der Waals surface area contributed by atoms with Gasteiger partial charge in [-0.25, -0.2) is 0 Å². The van der Waals surface area contributed by atoms with Gasteiger partial charge in [0.1, 0.15) is 0 Å². The molecular formula is C19H23N. The molecule has 104 valence electrons. The van der Waals surface area contributed by atoms with E-state index in [2.05, 4.69) is 62.2 Å². The molecule has 0 heterocycles. The van der Waals surface area contributed by atoms with Crippen LogP contribution in [0.15, 0.2) is 36.4 Å². The molecule has 1 aliphatic rings. The molecule has 2 aromatic carbocycles. The molecule has 0 atom stereocenters. The zero-order valence-corrected chi connectivity index (χ0v) is 12.7. The van der Waals surface area contributed by atoms with Gasteiger partial charge < -0.3 is 4.90 Å². The molecule has 0 amide bonds. The standard InChI is InChI=1S/C19H23N/c1-4-14-6-8-18-16(10-14)12-17-11-15(7-9-19(17)18)13-20(3)5-2/h6-11H,4-5,12-13H2,1-3H3. The third kappa shape index (κ3) is 2.38. The molecule has 0 radical (unpaired) electrons. The van der Waals surface area contributed by atoms with Gasteiger partial charge in [-0.1, -0.05) is 50.2 Å². The second-order valence-electron chi connectivity index (χ2n) is 5.84. The van der Waals surface area contributed by atoms with Crippen molar-refractivity contribution in [3.05, 3.63) is 58.7 Å². The van der Waals surface area contributed by atoms with Crippen LogP contribution in [0.5, 0.6) is 0 Å². The Morgan fingerprint density at radius 1 is 0.900 bits per heavy atom. The molecule has 2 aromatic rings. The van der Waals surface area contributed by atoms with Crippen LogP contribution in [0.4, 0.5) is 0 Å². The lowest BCUT2D eigenvalue weighted by Gasteiger charge is -2.14. The number of benzene rings is 2. The first-order chi connectivity index (χ1) is 9.71. The first-order valence-electron chi connectivity index (χ1n) is 7.63. The van der Waals surface area contributed by atoms with Crippen LogP contribution >= 0.6 is 0 Å². The quantitative estimate of drug-likeness (QED) is 0.681. The lowest BCUT2D eigenvalue weighted by Crippen LogP contribution is -2.16. The summed E-state index contributed by atoms with van der Waals surface area (Å²) >= 11 is 0. The smallest absolute Gasteiger partial charge is 0.0230 e. The Hall–Kier alpha value is -1.60. The summed E-state index contributed by atoms with van der Waals surface area (Å²) in [6.45, 7) is 6.56. The van der Waals surface area contributed by atoms with E-state index < -0.39 is 0 Å². The van der Waals surface area contributed by atoms with E-state index in [1.165, 1.54) is 33.4 Å². The molecule has 0 saturated carbocycles. The third-order valence-electron chi connectivity index (χ3n) is 4.41. The minimum absolute atomic E-state index is 1.04. The third-order valence-corrected chi connectivity index (χ3v) is 4.41. The van der Waals surface area contributed by atoms with E-state index in [-0.39, 0.29) is 0 Å². The summed E-state index contributed by atoms with van der Waals surface area (Å²) < 4.78 is 0. The maximum Gasteiger partial charge on any atom is 0.0230 e.